The number of hydrogen-bond donors (Lipinski definition) is 6. The Bertz CT molecular complexity index is 3310. The molecule has 136 heavy (non-hydrogen) atoms. The van der Waals surface area contributed by atoms with Crippen LogP contribution in [0.25, 0.3) is 0 Å². The number of thiol groups is 6. The standard InChI is InChI=1S/C88H178O18S24Si6/c1-22-67(20)53-54-87(126(114-108,81-62-69-42-48-75(81)56-69)120-132(92-26-5,93-27-6)94-28-7,127(115-109,82-63-70-43-49-76(82)57-70)121-133(95-29-8,96-30-9)97-31-10)86(21,125(113-107,80-61-68-41-47-74(80)55-68)119-131(89-23-2,90-24-3)91-25-4)88(128(116-110,83-64-71-44-50-77(83)58-71)122-134(98-32-11,99-33-12)100-34-13,129(117-111,84-65-72-45-51-78(84)59-72)123-135(101-35-14,102-36-15)103-37-16)130(118-112,85-66-73-46-52-79(85)60-73)124-136(104-38-17,105-39-18)106-40-19/h67-85,107-112H,22-66H2,1-21H3. The van der Waals surface area contributed by atoms with Gasteiger partial charge >= 0.3 is 47.7 Å². The van der Waals surface area contributed by atoms with Gasteiger partial charge in [0, 0.05) is 150 Å². The van der Waals surface area contributed by atoms with E-state index in [0.29, 0.717) is 161 Å². The monoisotopic (exact) mass is 2460 g/mol. The summed E-state index contributed by atoms with van der Waals surface area (Å²) in [5.74, 6) is 3.72. The molecule has 0 aromatic heterocycles. The highest BCUT2D eigenvalue weighted by molar-refractivity contribution is 9.54. The van der Waals surface area contributed by atoms with E-state index in [-0.39, 0.29) is 72.9 Å². The smallest absolute Gasteiger partial charge is 0.365 e. The highest BCUT2D eigenvalue weighted by atomic mass is 33.8. The zero-order valence-electron chi connectivity index (χ0n) is 85.7. The van der Waals surface area contributed by atoms with Gasteiger partial charge in [-0.1, -0.05) is 58.8 Å². The second kappa shape index (κ2) is 55.2. The molecule has 0 saturated heterocycles. The van der Waals surface area contributed by atoms with Crippen LogP contribution in [0, 0.1) is 76.9 Å². The van der Waals surface area contributed by atoms with Crippen molar-refractivity contribution in [1.82, 2.24) is 0 Å². The molecule has 0 N–H and O–H groups in total. The maximum Gasteiger partial charge on any atom is 0.583 e. The molecule has 18 nitrogen and oxygen atoms in total. The first-order valence-electron chi connectivity index (χ1n) is 52.2. The predicted molar refractivity (Wildman–Crippen MR) is 652 cm³/mol. The molecule has 26 atom stereocenters. The van der Waals surface area contributed by atoms with Crippen molar-refractivity contribution in [3.8, 4) is 0 Å². The highest BCUT2D eigenvalue weighted by Crippen LogP contribution is 3.20. The second-order valence-electron chi connectivity index (χ2n) is 38.7. The van der Waals surface area contributed by atoms with Gasteiger partial charge in [0.05, 0.1) is 8.83 Å². The van der Waals surface area contributed by atoms with Gasteiger partial charge in [-0.2, -0.15) is 0 Å². The zero-order chi connectivity index (χ0) is 98.5. The fourth-order valence-corrected chi connectivity index (χ4v) is 232. The maximum absolute atomic E-state index is 8.36. The van der Waals surface area contributed by atoms with Gasteiger partial charge in [-0.15, -0.1) is 119 Å². The average molecular weight is 2460 g/mol. The van der Waals surface area contributed by atoms with Crippen LogP contribution in [0.2, 0.25) is 0 Å². The lowest BCUT2D eigenvalue weighted by Crippen LogP contribution is -2.76. The van der Waals surface area contributed by atoms with Gasteiger partial charge in [-0.25, -0.2) is 0 Å². The average Bonchev–Trinajstić information content (AvgIpc) is 0.941. The molecule has 0 spiro atoms. The Balaban J connectivity index is 1.68. The van der Waals surface area contributed by atoms with E-state index in [0.717, 1.165) is 167 Å². The third-order valence-corrected chi connectivity index (χ3v) is 171. The summed E-state index contributed by atoms with van der Waals surface area (Å²) in [5.41, 5.74) is 0. The minimum absolute atomic E-state index is 0.0274. The van der Waals surface area contributed by atoms with Crippen molar-refractivity contribution in [1.29, 1.82) is 0 Å². The minimum Gasteiger partial charge on any atom is -0.365 e. The number of fused-ring (bicyclic) bond motifs is 12. The van der Waals surface area contributed by atoms with Gasteiger partial charge in [-0.3, -0.25) is 0 Å². The summed E-state index contributed by atoms with van der Waals surface area (Å²) in [5, 5.41) is -0.432. The molecule has 0 amide bonds. The van der Waals surface area contributed by atoms with Crippen LogP contribution in [0.3, 0.4) is 0 Å². The van der Waals surface area contributed by atoms with Gasteiger partial charge < -0.3 is 79.7 Å². The van der Waals surface area contributed by atoms with E-state index in [1.807, 2.05) is 59.0 Å². The van der Waals surface area contributed by atoms with E-state index in [1.165, 1.54) is 0 Å². The lowest BCUT2D eigenvalue weighted by atomic mass is 9.95. The molecule has 0 radical (unpaired) electrons. The predicted octanol–water partition coefficient (Wildman–Crippen LogP) is 33.0. The SMILES string of the molecule is CCO[Si](OCC)(OCC)SS(SS)(C1CC2CCC1C2)C(C)(C(CCC(C)CC)(S(SS)(S[Si](OCC)(OCC)OCC)C1CC2CCC1C2)S(SS)(S[Si](OCC)(OCC)OCC)C1CC2CCC1C2)C(S(SS)(S[Si](OCC)(OCC)OCC)C1CC2CCC1C2)(S(SS)(S[Si](OCC)(OCC)OCC)C1CC2CCC1C2)S(SS)(S[Si](OCC)(OCC)OCC)C1CC2CCC1C2. The molecule has 0 heterocycles. The van der Waals surface area contributed by atoms with Gasteiger partial charge in [0.25, 0.3) is 0 Å². The maximum atomic E-state index is 8.36. The molecule has 0 aromatic rings. The van der Waals surface area contributed by atoms with Crippen LogP contribution in [-0.4, -0.2) is 210 Å². The van der Waals surface area contributed by atoms with E-state index in [9.17, 15) is 0 Å². The van der Waals surface area contributed by atoms with Crippen molar-refractivity contribution in [2.75, 3.05) is 119 Å². The largest absolute Gasteiger partial charge is 0.583 e. The fraction of sp³-hybridized carbons (Fsp3) is 1.00. The first kappa shape index (κ1) is 124. The Morgan fingerprint density at radius 1 is 0.243 bits per heavy atom. The van der Waals surface area contributed by atoms with Gasteiger partial charge in [-0.05, 0) is 457 Å². The fourth-order valence-electron chi connectivity index (χ4n) is 27.4. The topological polar surface area (TPSA) is 166 Å². The van der Waals surface area contributed by atoms with Crippen molar-refractivity contribution in [2.24, 2.45) is 76.9 Å². The van der Waals surface area contributed by atoms with Crippen molar-refractivity contribution < 1.29 is 79.7 Å². The third-order valence-electron chi connectivity index (χ3n) is 31.8. The summed E-state index contributed by atoms with van der Waals surface area (Å²) in [6.07, 6.45) is 27.9. The number of hydrogen-bond acceptors (Lipinski definition) is 36. The summed E-state index contributed by atoms with van der Waals surface area (Å²) in [4.78, 5) is 0. The Hall–Kier alpha value is 8.98. The van der Waals surface area contributed by atoms with Crippen LogP contribution < -0.4 is 0 Å². The van der Waals surface area contributed by atoms with Gasteiger partial charge in [0.15, 0.2) is 0 Å². The molecule has 12 aliphatic carbocycles. The molecule has 0 aromatic carbocycles. The van der Waals surface area contributed by atoms with Crippen LogP contribution in [-0.2, 0) is 79.7 Å². The molecule has 12 rings (SSSR count). The first-order chi connectivity index (χ1) is 65.6. The molecule has 806 valence electrons. The molecule has 12 bridgehead atoms. The summed E-state index contributed by atoms with van der Waals surface area (Å²) < 4.78 is 146. The highest BCUT2D eigenvalue weighted by Gasteiger charge is 2.96. The van der Waals surface area contributed by atoms with E-state index in [2.05, 4.69) is 207 Å². The molecule has 48 heteroatoms. The van der Waals surface area contributed by atoms with Crippen molar-refractivity contribution >= 4 is 287 Å². The molecule has 0 aliphatic heterocycles. The summed E-state index contributed by atoms with van der Waals surface area (Å²) in [6, 6.07) is 0. The Labute approximate surface area is 913 Å². The third kappa shape index (κ3) is 23.1. The van der Waals surface area contributed by atoms with E-state index in [4.69, 9.17) is 150 Å². The summed E-state index contributed by atoms with van der Waals surface area (Å²) >= 11 is 42.6. The Kier molecular flexibility index (Phi) is 50.1. The van der Waals surface area contributed by atoms with Crippen molar-refractivity contribution in [2.45, 2.75) is 362 Å². The summed E-state index contributed by atoms with van der Waals surface area (Å²) in [7, 11) is -21.6. The molecular weight excluding hydrogens is 2280 g/mol. The summed E-state index contributed by atoms with van der Waals surface area (Å²) in [6.45, 7) is 54.5. The lowest BCUT2D eigenvalue weighted by Gasteiger charge is -2.88. The Morgan fingerprint density at radius 2 is 0.404 bits per heavy atom. The molecular formula is C88H178O18S24Si6. The van der Waals surface area contributed by atoms with Gasteiger partial charge in [0.2, 0.25) is 0 Å². The normalized spacial score (nSPS) is 33.9. The molecule has 26 unspecified atom stereocenters. The van der Waals surface area contributed by atoms with Crippen molar-refractivity contribution in [3.05, 3.63) is 0 Å². The first-order valence-corrected chi connectivity index (χ1v) is 99.4. The van der Waals surface area contributed by atoms with E-state index < -0.39 is 109 Å². The van der Waals surface area contributed by atoms with Crippen LogP contribution >= 0.6 is 239 Å². The van der Waals surface area contributed by atoms with E-state index in [1.54, 1.807) is 0 Å². The number of rotatable bonds is 72. The lowest BCUT2D eigenvalue weighted by molar-refractivity contribution is 0.0963. The van der Waals surface area contributed by atoms with Crippen LogP contribution in [0.4, 0.5) is 0 Å². The van der Waals surface area contributed by atoms with E-state index >= 15 is 0 Å². The van der Waals surface area contributed by atoms with Gasteiger partial charge in [0.1, 0.15) is 3.41 Å². The van der Waals surface area contributed by atoms with Crippen molar-refractivity contribution in [3.63, 3.8) is 0 Å². The van der Waals surface area contributed by atoms with Crippen LogP contribution in [0.15, 0.2) is 0 Å². The minimum atomic E-state index is -4.44. The second-order valence-corrected chi connectivity index (χ2v) is 121. The Morgan fingerprint density at radius 3 is 0.551 bits per heavy atom. The quantitative estimate of drug-likeness (QED) is 0.0193. The molecule has 12 fully saturated rings. The molecule has 12 aliphatic rings. The molecule has 12 saturated carbocycles. The van der Waals surface area contributed by atoms with Crippen LogP contribution in [0.5, 0.6) is 0 Å². The van der Waals surface area contributed by atoms with Crippen LogP contribution in [0.1, 0.15) is 319 Å². The zero-order valence-corrected chi connectivity index (χ0v) is 112.